The van der Waals surface area contributed by atoms with Crippen molar-refractivity contribution in [3.63, 3.8) is 0 Å². The summed E-state index contributed by atoms with van der Waals surface area (Å²) in [5, 5.41) is 0. The highest BCUT2D eigenvalue weighted by Crippen LogP contribution is 2.27. The number of pyridine rings is 1. The molecule has 0 radical (unpaired) electrons. The lowest BCUT2D eigenvalue weighted by Gasteiger charge is -2.28. The van der Waals surface area contributed by atoms with E-state index < -0.39 is 0 Å². The number of morpholine rings is 1. The standard InChI is InChI=1S/C21H24N4O/c1-5-7-15(3)17-13-18-19(22-14-17)21(25-9-11-26-12-10-25)24-20(23-18)16(4)8-6-2/h5-8,13-14H,1,4,9-12H2,2-3H3/b8-6-,15-7+. The lowest BCUT2D eigenvalue weighted by molar-refractivity contribution is 0.122. The molecule has 1 aliphatic heterocycles. The normalized spacial score (nSPS) is 15.6. The van der Waals surface area contributed by atoms with Gasteiger partial charge in [-0.25, -0.2) is 9.97 Å². The highest BCUT2D eigenvalue weighted by molar-refractivity contribution is 5.89. The lowest BCUT2D eigenvalue weighted by Crippen LogP contribution is -2.37. The molecule has 3 heterocycles. The zero-order chi connectivity index (χ0) is 18.5. The maximum absolute atomic E-state index is 5.48. The minimum atomic E-state index is 0.626. The Bertz CT molecular complexity index is 892. The zero-order valence-electron chi connectivity index (χ0n) is 15.4. The van der Waals surface area contributed by atoms with E-state index in [-0.39, 0.29) is 0 Å². The van der Waals surface area contributed by atoms with Gasteiger partial charge < -0.3 is 9.64 Å². The molecule has 0 unspecified atom stereocenters. The number of hydrogen-bond acceptors (Lipinski definition) is 5. The molecule has 0 N–H and O–H groups in total. The van der Waals surface area contributed by atoms with Gasteiger partial charge in [0, 0.05) is 24.9 Å². The van der Waals surface area contributed by atoms with E-state index in [2.05, 4.69) is 29.1 Å². The fraction of sp³-hybridized carbons (Fsp3) is 0.286. The minimum Gasteiger partial charge on any atom is -0.378 e. The van der Waals surface area contributed by atoms with Crippen molar-refractivity contribution < 1.29 is 4.74 Å². The first-order chi connectivity index (χ1) is 12.6. The van der Waals surface area contributed by atoms with Crippen LogP contribution in [-0.4, -0.2) is 41.3 Å². The van der Waals surface area contributed by atoms with Gasteiger partial charge in [-0.3, -0.25) is 4.98 Å². The van der Waals surface area contributed by atoms with E-state index in [0.29, 0.717) is 19.0 Å². The van der Waals surface area contributed by atoms with Gasteiger partial charge in [0.1, 0.15) is 5.52 Å². The van der Waals surface area contributed by atoms with Crippen molar-refractivity contribution in [2.24, 2.45) is 0 Å². The number of nitrogens with zero attached hydrogens (tertiary/aromatic N) is 4. The molecule has 26 heavy (non-hydrogen) atoms. The summed E-state index contributed by atoms with van der Waals surface area (Å²) in [5.74, 6) is 1.47. The van der Waals surface area contributed by atoms with Crippen LogP contribution in [0.5, 0.6) is 0 Å². The highest BCUT2D eigenvalue weighted by atomic mass is 16.5. The minimum absolute atomic E-state index is 0.626. The molecule has 1 aliphatic rings. The average Bonchev–Trinajstić information content (AvgIpc) is 2.67. The van der Waals surface area contributed by atoms with Gasteiger partial charge in [0.25, 0.3) is 0 Å². The Hall–Kier alpha value is -2.79. The average molecular weight is 348 g/mol. The van der Waals surface area contributed by atoms with Crippen LogP contribution in [0.15, 0.2) is 49.7 Å². The van der Waals surface area contributed by atoms with Gasteiger partial charge in [-0.05, 0) is 31.1 Å². The fourth-order valence-corrected chi connectivity index (χ4v) is 2.91. The van der Waals surface area contributed by atoms with Gasteiger partial charge in [-0.2, -0.15) is 0 Å². The smallest absolute Gasteiger partial charge is 0.161 e. The number of ether oxygens (including phenoxy) is 1. The topological polar surface area (TPSA) is 51.1 Å². The molecule has 5 heteroatoms. The van der Waals surface area contributed by atoms with Gasteiger partial charge in [0.15, 0.2) is 11.6 Å². The largest absolute Gasteiger partial charge is 0.378 e. The summed E-state index contributed by atoms with van der Waals surface area (Å²) in [7, 11) is 0. The predicted octanol–water partition coefficient (Wildman–Crippen LogP) is 4.04. The Morgan fingerprint density at radius 2 is 2.04 bits per heavy atom. The lowest BCUT2D eigenvalue weighted by atomic mass is 10.1. The Morgan fingerprint density at radius 3 is 2.73 bits per heavy atom. The van der Waals surface area contributed by atoms with Crippen molar-refractivity contribution in [1.29, 1.82) is 0 Å². The van der Waals surface area contributed by atoms with Gasteiger partial charge in [0.05, 0.1) is 18.7 Å². The van der Waals surface area contributed by atoms with E-state index in [9.17, 15) is 0 Å². The first-order valence-corrected chi connectivity index (χ1v) is 8.76. The first-order valence-electron chi connectivity index (χ1n) is 8.76. The highest BCUT2D eigenvalue weighted by Gasteiger charge is 2.19. The molecule has 1 saturated heterocycles. The fourth-order valence-electron chi connectivity index (χ4n) is 2.91. The number of fused-ring (bicyclic) bond motifs is 1. The van der Waals surface area contributed by atoms with Crippen LogP contribution in [0.4, 0.5) is 5.82 Å². The van der Waals surface area contributed by atoms with Crippen LogP contribution in [-0.2, 0) is 4.74 Å². The summed E-state index contributed by atoms with van der Waals surface area (Å²) in [6, 6.07) is 2.05. The molecule has 134 valence electrons. The Balaban J connectivity index is 2.17. The molecular weight excluding hydrogens is 324 g/mol. The van der Waals surface area contributed by atoms with Crippen molar-refractivity contribution >= 4 is 28.0 Å². The number of allylic oxidation sites excluding steroid dienone is 6. The molecule has 2 aromatic heterocycles. The van der Waals surface area contributed by atoms with E-state index >= 15 is 0 Å². The van der Waals surface area contributed by atoms with Crippen LogP contribution < -0.4 is 4.90 Å². The number of anilines is 1. The Labute approximate surface area is 154 Å². The summed E-state index contributed by atoms with van der Waals surface area (Å²) in [6.45, 7) is 14.8. The maximum atomic E-state index is 5.48. The molecule has 5 nitrogen and oxygen atoms in total. The van der Waals surface area contributed by atoms with Crippen LogP contribution >= 0.6 is 0 Å². The van der Waals surface area contributed by atoms with Crippen molar-refractivity contribution in [1.82, 2.24) is 15.0 Å². The first kappa shape index (κ1) is 18.0. The molecule has 2 aromatic rings. The van der Waals surface area contributed by atoms with Crippen molar-refractivity contribution in [3.8, 4) is 0 Å². The molecule has 0 spiro atoms. The quantitative estimate of drug-likeness (QED) is 0.763. The predicted molar refractivity (Wildman–Crippen MR) is 108 cm³/mol. The van der Waals surface area contributed by atoms with Gasteiger partial charge in [-0.15, -0.1) is 0 Å². The molecule has 0 aromatic carbocycles. The van der Waals surface area contributed by atoms with Crippen molar-refractivity contribution in [2.75, 3.05) is 31.2 Å². The molecule has 0 atom stereocenters. The summed E-state index contributed by atoms with van der Waals surface area (Å²) in [6.07, 6.45) is 9.47. The number of hydrogen-bond donors (Lipinski definition) is 0. The van der Waals surface area contributed by atoms with Crippen molar-refractivity contribution in [3.05, 3.63) is 61.1 Å². The SMILES string of the molecule is C=C/C=C(\C)c1cnc2c(N3CCOCC3)nc(C(=C)/C=C\C)nc2c1. The van der Waals surface area contributed by atoms with Crippen LogP contribution in [0.1, 0.15) is 25.2 Å². The van der Waals surface area contributed by atoms with Gasteiger partial charge >= 0.3 is 0 Å². The third kappa shape index (κ3) is 3.73. The van der Waals surface area contributed by atoms with E-state index in [4.69, 9.17) is 14.7 Å². The van der Waals surface area contributed by atoms with Crippen molar-refractivity contribution in [2.45, 2.75) is 13.8 Å². The zero-order valence-corrected chi connectivity index (χ0v) is 15.4. The summed E-state index contributed by atoms with van der Waals surface area (Å²) < 4.78 is 5.48. The van der Waals surface area contributed by atoms with Gasteiger partial charge in [0.2, 0.25) is 0 Å². The maximum Gasteiger partial charge on any atom is 0.161 e. The Morgan fingerprint density at radius 1 is 1.27 bits per heavy atom. The van der Waals surface area contributed by atoms with E-state index in [1.807, 2.05) is 38.3 Å². The van der Waals surface area contributed by atoms with Crippen LogP contribution in [0.3, 0.4) is 0 Å². The molecular formula is C21H24N4O. The van der Waals surface area contributed by atoms with Crippen LogP contribution in [0.2, 0.25) is 0 Å². The van der Waals surface area contributed by atoms with Crippen LogP contribution in [0, 0.1) is 0 Å². The molecule has 0 bridgehead atoms. The van der Waals surface area contributed by atoms with Gasteiger partial charge in [-0.1, -0.05) is 37.5 Å². The van der Waals surface area contributed by atoms with E-state index in [0.717, 1.165) is 46.7 Å². The monoisotopic (exact) mass is 348 g/mol. The third-order valence-electron chi connectivity index (χ3n) is 4.31. The second-order valence-electron chi connectivity index (χ2n) is 6.17. The third-order valence-corrected chi connectivity index (χ3v) is 4.31. The molecule has 0 amide bonds. The number of aromatic nitrogens is 3. The second-order valence-corrected chi connectivity index (χ2v) is 6.17. The summed E-state index contributed by atoms with van der Waals surface area (Å²) in [5.41, 5.74) is 4.52. The molecule has 3 rings (SSSR count). The number of rotatable bonds is 5. The van der Waals surface area contributed by atoms with E-state index in [1.54, 1.807) is 6.08 Å². The molecule has 0 aliphatic carbocycles. The molecule has 1 fully saturated rings. The second kappa shape index (κ2) is 8.06. The summed E-state index contributed by atoms with van der Waals surface area (Å²) in [4.78, 5) is 16.4. The Kier molecular flexibility index (Phi) is 5.58. The van der Waals surface area contributed by atoms with E-state index in [1.165, 1.54) is 0 Å². The molecule has 0 saturated carbocycles. The summed E-state index contributed by atoms with van der Waals surface area (Å²) >= 11 is 0. The van der Waals surface area contributed by atoms with Crippen LogP contribution in [0.25, 0.3) is 22.2 Å².